The van der Waals surface area contributed by atoms with Gasteiger partial charge in [0.05, 0.1) is 6.61 Å². The van der Waals surface area contributed by atoms with E-state index >= 15 is 0 Å². The van der Waals surface area contributed by atoms with Gasteiger partial charge in [0.15, 0.2) is 17.1 Å². The molecule has 0 aliphatic carbocycles. The van der Waals surface area contributed by atoms with E-state index in [9.17, 15) is 4.79 Å². The van der Waals surface area contributed by atoms with E-state index in [0.29, 0.717) is 24.7 Å². The minimum absolute atomic E-state index is 0.597. The van der Waals surface area contributed by atoms with E-state index < -0.39 is 0 Å². The molecule has 0 radical (unpaired) electrons. The maximum absolute atomic E-state index is 11.1. The number of hydrogen-bond acceptors (Lipinski definition) is 5. The molecule has 0 saturated heterocycles. The van der Waals surface area contributed by atoms with Crippen molar-refractivity contribution in [1.82, 2.24) is 9.38 Å². The summed E-state index contributed by atoms with van der Waals surface area (Å²) >= 11 is 1.52. The highest BCUT2D eigenvalue weighted by atomic mass is 32.1. The maximum atomic E-state index is 11.1. The number of aldehydes is 1. The standard InChI is InChI=1S/C11H15N3O2S/c1-3-16-6-4-13(2)10-9(8-15)14-5-7-17-11(14)12-10/h5,7-8H,3-4,6H2,1-2H3. The average molecular weight is 253 g/mol. The predicted molar refractivity (Wildman–Crippen MR) is 68.2 cm³/mol. The number of likely N-dealkylation sites (N-methyl/N-ethyl adjacent to an activating group) is 1. The first-order valence-electron chi connectivity index (χ1n) is 5.47. The molecule has 0 amide bonds. The Morgan fingerprint density at radius 3 is 3.18 bits per heavy atom. The third kappa shape index (κ3) is 2.32. The van der Waals surface area contributed by atoms with Crippen molar-refractivity contribution in [3.8, 4) is 0 Å². The largest absolute Gasteiger partial charge is 0.380 e. The van der Waals surface area contributed by atoms with Gasteiger partial charge in [-0.15, -0.1) is 11.3 Å². The zero-order valence-electron chi connectivity index (χ0n) is 9.92. The van der Waals surface area contributed by atoms with Gasteiger partial charge in [-0.1, -0.05) is 0 Å². The monoisotopic (exact) mass is 253 g/mol. The van der Waals surface area contributed by atoms with Crippen LogP contribution in [0.4, 0.5) is 5.82 Å². The molecule has 0 spiro atoms. The van der Waals surface area contributed by atoms with Crippen LogP contribution in [-0.4, -0.2) is 42.5 Å². The molecule has 0 N–H and O–H groups in total. The predicted octanol–water partition coefficient (Wildman–Crippen LogP) is 1.68. The summed E-state index contributed by atoms with van der Waals surface area (Å²) in [5, 5.41) is 1.92. The zero-order chi connectivity index (χ0) is 12.3. The molecule has 0 aromatic carbocycles. The number of aromatic nitrogens is 2. The number of anilines is 1. The minimum Gasteiger partial charge on any atom is -0.380 e. The summed E-state index contributed by atoms with van der Waals surface area (Å²) in [4.78, 5) is 18.3. The van der Waals surface area contributed by atoms with E-state index in [1.54, 1.807) is 0 Å². The molecule has 0 aliphatic heterocycles. The number of rotatable bonds is 6. The van der Waals surface area contributed by atoms with E-state index in [1.807, 2.05) is 34.8 Å². The van der Waals surface area contributed by atoms with Gasteiger partial charge in [0, 0.05) is 31.8 Å². The number of nitrogens with zero attached hydrogens (tertiary/aromatic N) is 3. The van der Waals surface area contributed by atoms with Crippen molar-refractivity contribution in [3.05, 3.63) is 17.3 Å². The van der Waals surface area contributed by atoms with Gasteiger partial charge in [0.1, 0.15) is 5.69 Å². The summed E-state index contributed by atoms with van der Waals surface area (Å²) in [5.74, 6) is 0.714. The van der Waals surface area contributed by atoms with E-state index in [0.717, 1.165) is 17.8 Å². The number of thiazole rings is 1. The molecule has 0 unspecified atom stereocenters. The molecule has 0 atom stereocenters. The van der Waals surface area contributed by atoms with E-state index in [1.165, 1.54) is 11.3 Å². The number of ether oxygens (including phenoxy) is 1. The second-order valence-electron chi connectivity index (χ2n) is 3.61. The van der Waals surface area contributed by atoms with E-state index in [2.05, 4.69) is 4.98 Å². The Kier molecular flexibility index (Phi) is 3.75. The minimum atomic E-state index is 0.597. The summed E-state index contributed by atoms with van der Waals surface area (Å²) in [5.41, 5.74) is 0.597. The SMILES string of the molecule is CCOCCN(C)c1nc2sccn2c1C=O. The van der Waals surface area contributed by atoms with E-state index in [4.69, 9.17) is 4.74 Å². The lowest BCUT2D eigenvalue weighted by atomic mass is 10.4. The van der Waals surface area contributed by atoms with Gasteiger partial charge < -0.3 is 9.64 Å². The Labute approximate surface area is 104 Å². The van der Waals surface area contributed by atoms with Gasteiger partial charge in [0.25, 0.3) is 0 Å². The smallest absolute Gasteiger partial charge is 0.196 e. The highest BCUT2D eigenvalue weighted by molar-refractivity contribution is 7.15. The summed E-state index contributed by atoms with van der Waals surface area (Å²) in [6.45, 7) is 4.02. The van der Waals surface area contributed by atoms with Gasteiger partial charge in [0.2, 0.25) is 0 Å². The summed E-state index contributed by atoms with van der Waals surface area (Å²) in [6, 6.07) is 0. The lowest BCUT2D eigenvalue weighted by Gasteiger charge is -2.16. The van der Waals surface area contributed by atoms with Crippen LogP contribution >= 0.6 is 11.3 Å². The molecule has 0 aliphatic rings. The fraction of sp³-hybridized carbons (Fsp3) is 0.455. The molecule has 0 saturated carbocycles. The first-order valence-corrected chi connectivity index (χ1v) is 6.35. The molecular weight excluding hydrogens is 238 g/mol. The van der Waals surface area contributed by atoms with Gasteiger partial charge >= 0.3 is 0 Å². The number of fused-ring (bicyclic) bond motifs is 1. The van der Waals surface area contributed by atoms with Crippen molar-refractivity contribution in [2.45, 2.75) is 6.92 Å². The van der Waals surface area contributed by atoms with Crippen molar-refractivity contribution in [1.29, 1.82) is 0 Å². The Morgan fingerprint density at radius 2 is 2.47 bits per heavy atom. The highest BCUT2D eigenvalue weighted by Gasteiger charge is 2.15. The quantitative estimate of drug-likeness (QED) is 0.580. The second kappa shape index (κ2) is 5.29. The molecular formula is C11H15N3O2S. The molecule has 92 valence electrons. The maximum Gasteiger partial charge on any atom is 0.196 e. The molecule has 2 rings (SSSR count). The summed E-state index contributed by atoms with van der Waals surface area (Å²) in [7, 11) is 1.92. The molecule has 0 bridgehead atoms. The number of imidazole rings is 1. The fourth-order valence-corrected chi connectivity index (χ4v) is 2.35. The average Bonchev–Trinajstić information content (AvgIpc) is 2.88. The molecule has 5 nitrogen and oxygen atoms in total. The van der Waals surface area contributed by atoms with Crippen LogP contribution in [-0.2, 0) is 4.74 Å². The van der Waals surface area contributed by atoms with Crippen LogP contribution in [0.2, 0.25) is 0 Å². The first kappa shape index (κ1) is 12.1. The van der Waals surface area contributed by atoms with Crippen molar-refractivity contribution in [2.75, 3.05) is 31.7 Å². The summed E-state index contributed by atoms with van der Waals surface area (Å²) in [6.07, 6.45) is 2.70. The Morgan fingerprint density at radius 1 is 1.65 bits per heavy atom. The topological polar surface area (TPSA) is 46.8 Å². The Balaban J connectivity index is 2.21. The zero-order valence-corrected chi connectivity index (χ0v) is 10.7. The lowest BCUT2D eigenvalue weighted by molar-refractivity contribution is 0.111. The van der Waals surface area contributed by atoms with Crippen LogP contribution < -0.4 is 4.90 Å². The molecule has 17 heavy (non-hydrogen) atoms. The molecule has 2 heterocycles. The van der Waals surface area contributed by atoms with Crippen LogP contribution in [0.25, 0.3) is 4.96 Å². The van der Waals surface area contributed by atoms with Crippen LogP contribution in [0.5, 0.6) is 0 Å². The van der Waals surface area contributed by atoms with Crippen molar-refractivity contribution in [3.63, 3.8) is 0 Å². The second-order valence-corrected chi connectivity index (χ2v) is 4.49. The molecule has 2 aromatic heterocycles. The highest BCUT2D eigenvalue weighted by Crippen LogP contribution is 2.22. The van der Waals surface area contributed by atoms with Crippen LogP contribution in [0, 0.1) is 0 Å². The van der Waals surface area contributed by atoms with Crippen LogP contribution in [0.15, 0.2) is 11.6 Å². The third-order valence-corrected chi connectivity index (χ3v) is 3.28. The molecule has 6 heteroatoms. The van der Waals surface area contributed by atoms with Crippen molar-refractivity contribution >= 4 is 28.4 Å². The van der Waals surface area contributed by atoms with Crippen molar-refractivity contribution in [2.24, 2.45) is 0 Å². The third-order valence-electron chi connectivity index (χ3n) is 2.53. The first-order chi connectivity index (χ1) is 8.27. The molecule has 0 fully saturated rings. The van der Waals surface area contributed by atoms with Crippen LogP contribution in [0.3, 0.4) is 0 Å². The number of carbonyl (C=O) groups excluding carboxylic acids is 1. The fourth-order valence-electron chi connectivity index (χ4n) is 1.63. The Bertz CT molecular complexity index is 506. The van der Waals surface area contributed by atoms with E-state index in [-0.39, 0.29) is 0 Å². The van der Waals surface area contributed by atoms with Gasteiger partial charge in [-0.3, -0.25) is 9.20 Å². The Hall–Kier alpha value is -1.40. The summed E-state index contributed by atoms with van der Waals surface area (Å²) < 4.78 is 7.10. The number of carbonyl (C=O) groups is 1. The normalized spacial score (nSPS) is 10.9. The number of hydrogen-bond donors (Lipinski definition) is 0. The van der Waals surface area contributed by atoms with Crippen LogP contribution in [0.1, 0.15) is 17.4 Å². The van der Waals surface area contributed by atoms with Gasteiger partial charge in [-0.05, 0) is 6.92 Å². The van der Waals surface area contributed by atoms with Gasteiger partial charge in [-0.25, -0.2) is 4.98 Å². The lowest BCUT2D eigenvalue weighted by Crippen LogP contribution is -2.24. The molecule has 2 aromatic rings. The van der Waals surface area contributed by atoms with Crippen molar-refractivity contribution < 1.29 is 9.53 Å². The van der Waals surface area contributed by atoms with Gasteiger partial charge in [-0.2, -0.15) is 0 Å².